The third-order valence-electron chi connectivity index (χ3n) is 5.68. The molecule has 204 valence electrons. The van der Waals surface area contributed by atoms with Crippen LogP contribution in [0.1, 0.15) is 23.1 Å². The summed E-state index contributed by atoms with van der Waals surface area (Å²) < 4.78 is 73.1. The summed E-state index contributed by atoms with van der Waals surface area (Å²) in [5, 5.41) is 10.3. The van der Waals surface area contributed by atoms with Crippen LogP contribution in [0.3, 0.4) is 0 Å². The molecule has 0 bridgehead atoms. The second-order valence-electron chi connectivity index (χ2n) is 8.39. The summed E-state index contributed by atoms with van der Waals surface area (Å²) in [7, 11) is -3.82. The molecule has 37 heavy (non-hydrogen) atoms. The van der Waals surface area contributed by atoms with Crippen LogP contribution in [0.25, 0.3) is 0 Å². The molecule has 1 aliphatic heterocycles. The van der Waals surface area contributed by atoms with E-state index in [0.29, 0.717) is 18.7 Å². The summed E-state index contributed by atoms with van der Waals surface area (Å²) in [6.45, 7) is 6.67. The van der Waals surface area contributed by atoms with Crippen LogP contribution in [0.5, 0.6) is 0 Å². The molecule has 1 saturated heterocycles. The number of hydrogen-bond acceptors (Lipinski definition) is 5. The molecule has 2 aromatic rings. The molecule has 0 unspecified atom stereocenters. The van der Waals surface area contributed by atoms with Crippen LogP contribution in [-0.4, -0.2) is 73.5 Å². The largest absolute Gasteiger partial charge is 0.490 e. The third kappa shape index (κ3) is 9.09. The maximum absolute atomic E-state index is 13.4. The maximum atomic E-state index is 13.4. The fraction of sp³-hybridized carbons (Fsp3) is 0.417. The summed E-state index contributed by atoms with van der Waals surface area (Å²) in [6.07, 6.45) is -4.98. The van der Waals surface area contributed by atoms with Crippen molar-refractivity contribution >= 4 is 21.9 Å². The minimum atomic E-state index is -5.08. The molecule has 0 atom stereocenters. The van der Waals surface area contributed by atoms with Crippen LogP contribution in [0.4, 0.5) is 17.6 Å². The highest BCUT2D eigenvalue weighted by atomic mass is 32.2. The number of benzene rings is 2. The van der Waals surface area contributed by atoms with Crippen molar-refractivity contribution in [2.45, 2.75) is 37.9 Å². The Bertz CT molecular complexity index is 1180. The summed E-state index contributed by atoms with van der Waals surface area (Å²) >= 11 is 0. The van der Waals surface area contributed by atoms with E-state index in [1.807, 2.05) is 13.8 Å². The van der Waals surface area contributed by atoms with Gasteiger partial charge in [0, 0.05) is 45.7 Å². The number of piperazine rings is 1. The van der Waals surface area contributed by atoms with Gasteiger partial charge in [0.2, 0.25) is 15.9 Å². The van der Waals surface area contributed by atoms with Gasteiger partial charge in [-0.2, -0.15) is 17.5 Å². The Kier molecular flexibility index (Phi) is 10.6. The van der Waals surface area contributed by atoms with Crippen molar-refractivity contribution in [3.63, 3.8) is 0 Å². The highest BCUT2D eigenvalue weighted by Crippen LogP contribution is 2.22. The number of alkyl halides is 3. The van der Waals surface area contributed by atoms with Gasteiger partial charge in [-0.15, -0.1) is 0 Å². The summed E-state index contributed by atoms with van der Waals surface area (Å²) in [6, 6.07) is 10.8. The van der Waals surface area contributed by atoms with Gasteiger partial charge >= 0.3 is 12.1 Å². The Labute approximate surface area is 212 Å². The SMILES string of the molecule is Cc1ccc(S(=O)(=O)N(CCC(=O)N2CCNCC2)Cc2ccc(F)cc2)cc1C.O=C(O)C(F)(F)F. The molecule has 0 radical (unpaired) electrons. The number of carbonyl (C=O) groups is 2. The zero-order valence-electron chi connectivity index (χ0n) is 20.4. The second kappa shape index (κ2) is 13.0. The number of carboxylic acid groups (broad SMARTS) is 1. The average molecular weight is 548 g/mol. The van der Waals surface area contributed by atoms with Gasteiger partial charge in [-0.1, -0.05) is 18.2 Å². The number of sulfonamides is 1. The van der Waals surface area contributed by atoms with Gasteiger partial charge in [0.15, 0.2) is 0 Å². The van der Waals surface area contributed by atoms with Crippen LogP contribution >= 0.6 is 0 Å². The lowest BCUT2D eigenvalue weighted by Gasteiger charge is -2.29. The number of aliphatic carboxylic acids is 1. The number of nitrogens with one attached hydrogen (secondary N) is 1. The quantitative estimate of drug-likeness (QED) is 0.516. The number of rotatable bonds is 7. The molecule has 1 aliphatic rings. The van der Waals surface area contributed by atoms with Crippen molar-refractivity contribution in [1.82, 2.24) is 14.5 Å². The lowest BCUT2D eigenvalue weighted by Crippen LogP contribution is -2.47. The number of nitrogens with zero attached hydrogens (tertiary/aromatic N) is 2. The predicted octanol–water partition coefficient (Wildman–Crippen LogP) is 3.09. The molecule has 0 saturated carbocycles. The fourth-order valence-corrected chi connectivity index (χ4v) is 4.91. The third-order valence-corrected chi connectivity index (χ3v) is 7.52. The first-order valence-electron chi connectivity index (χ1n) is 11.3. The highest BCUT2D eigenvalue weighted by Gasteiger charge is 2.38. The van der Waals surface area contributed by atoms with E-state index in [0.717, 1.165) is 24.2 Å². The van der Waals surface area contributed by atoms with E-state index in [2.05, 4.69) is 5.32 Å². The Hall–Kier alpha value is -3.03. The first kappa shape index (κ1) is 30.2. The van der Waals surface area contributed by atoms with E-state index < -0.39 is 22.2 Å². The van der Waals surface area contributed by atoms with Crippen LogP contribution in [0.15, 0.2) is 47.4 Å². The number of carbonyl (C=O) groups excluding carboxylic acids is 1. The predicted molar refractivity (Wildman–Crippen MR) is 128 cm³/mol. The van der Waals surface area contributed by atoms with Crippen LogP contribution in [0.2, 0.25) is 0 Å². The van der Waals surface area contributed by atoms with Crippen molar-refractivity contribution in [3.8, 4) is 0 Å². The lowest BCUT2D eigenvalue weighted by atomic mass is 10.1. The molecule has 1 amide bonds. The van der Waals surface area contributed by atoms with Crippen LogP contribution in [0, 0.1) is 19.7 Å². The zero-order valence-corrected chi connectivity index (χ0v) is 21.2. The Morgan fingerprint density at radius 1 is 1.03 bits per heavy atom. The fourth-order valence-electron chi connectivity index (χ4n) is 3.39. The number of hydrogen-bond donors (Lipinski definition) is 2. The molecule has 2 N–H and O–H groups in total. The van der Waals surface area contributed by atoms with E-state index in [9.17, 15) is 30.8 Å². The smallest absolute Gasteiger partial charge is 0.475 e. The summed E-state index contributed by atoms with van der Waals surface area (Å²) in [5.41, 5.74) is 2.56. The van der Waals surface area contributed by atoms with E-state index in [4.69, 9.17) is 9.90 Å². The minimum Gasteiger partial charge on any atom is -0.475 e. The molecule has 0 aromatic heterocycles. The molecule has 8 nitrogen and oxygen atoms in total. The lowest BCUT2D eigenvalue weighted by molar-refractivity contribution is -0.192. The van der Waals surface area contributed by atoms with Crippen molar-refractivity contribution in [2.75, 3.05) is 32.7 Å². The molecule has 0 spiro atoms. The number of aryl methyl sites for hydroxylation is 2. The Morgan fingerprint density at radius 3 is 2.11 bits per heavy atom. The van der Waals surface area contributed by atoms with Gasteiger partial charge in [-0.3, -0.25) is 4.79 Å². The molecule has 1 heterocycles. The minimum absolute atomic E-state index is 0.0594. The topological polar surface area (TPSA) is 107 Å². The first-order chi connectivity index (χ1) is 17.2. The van der Waals surface area contributed by atoms with E-state index in [1.54, 1.807) is 35.2 Å². The number of amides is 1. The number of carboxylic acids is 1. The van der Waals surface area contributed by atoms with Crippen molar-refractivity contribution in [2.24, 2.45) is 0 Å². The monoisotopic (exact) mass is 547 g/mol. The summed E-state index contributed by atoms with van der Waals surface area (Å²) in [4.78, 5) is 23.4. The maximum Gasteiger partial charge on any atom is 0.490 e. The Morgan fingerprint density at radius 2 is 1.59 bits per heavy atom. The average Bonchev–Trinajstić information content (AvgIpc) is 2.84. The molecule has 3 rings (SSSR count). The van der Waals surface area contributed by atoms with Gasteiger partial charge < -0.3 is 15.3 Å². The zero-order chi connectivity index (χ0) is 27.8. The normalized spacial score (nSPS) is 14.2. The van der Waals surface area contributed by atoms with Crippen molar-refractivity contribution in [3.05, 3.63) is 65.0 Å². The number of halogens is 4. The first-order valence-corrected chi connectivity index (χ1v) is 12.8. The standard InChI is InChI=1S/C22H28FN3O3S.C2HF3O2/c1-17-3-8-21(15-18(17)2)30(28,29)26(16-19-4-6-20(23)7-5-19)12-9-22(27)25-13-10-24-11-14-25;3-2(4,5)1(6)7/h3-8,15,24H,9-14,16H2,1-2H3;(H,6,7). The summed E-state index contributed by atoms with van der Waals surface area (Å²) in [5.74, 6) is -3.19. The van der Waals surface area contributed by atoms with E-state index >= 15 is 0 Å². The molecule has 0 aliphatic carbocycles. The Balaban J connectivity index is 0.000000604. The van der Waals surface area contributed by atoms with Gasteiger partial charge in [0.1, 0.15) is 5.82 Å². The molecular weight excluding hydrogens is 518 g/mol. The van der Waals surface area contributed by atoms with Crippen molar-refractivity contribution in [1.29, 1.82) is 0 Å². The van der Waals surface area contributed by atoms with Crippen LogP contribution < -0.4 is 5.32 Å². The van der Waals surface area contributed by atoms with E-state index in [-0.39, 0.29) is 36.1 Å². The van der Waals surface area contributed by atoms with Crippen LogP contribution in [-0.2, 0) is 26.2 Å². The van der Waals surface area contributed by atoms with E-state index in [1.165, 1.54) is 16.4 Å². The molecular formula is C24H29F4N3O5S. The molecule has 2 aromatic carbocycles. The van der Waals surface area contributed by atoms with Gasteiger partial charge in [-0.25, -0.2) is 17.6 Å². The van der Waals surface area contributed by atoms with Gasteiger partial charge in [-0.05, 0) is 54.8 Å². The van der Waals surface area contributed by atoms with Gasteiger partial charge in [0.05, 0.1) is 4.90 Å². The molecule has 1 fully saturated rings. The van der Waals surface area contributed by atoms with Gasteiger partial charge in [0.25, 0.3) is 0 Å². The van der Waals surface area contributed by atoms with Crippen molar-refractivity contribution < 1.29 is 40.7 Å². The second-order valence-corrected chi connectivity index (χ2v) is 10.3. The molecule has 13 heteroatoms. The highest BCUT2D eigenvalue weighted by molar-refractivity contribution is 7.89.